The van der Waals surface area contributed by atoms with E-state index in [4.69, 9.17) is 16.3 Å². The van der Waals surface area contributed by atoms with E-state index in [1.54, 1.807) is 0 Å². The highest BCUT2D eigenvalue weighted by Crippen LogP contribution is 2.49. The number of halogens is 1. The quantitative estimate of drug-likeness (QED) is 0.473. The van der Waals surface area contributed by atoms with Gasteiger partial charge in [-0.1, -0.05) is 30.3 Å². The summed E-state index contributed by atoms with van der Waals surface area (Å²) in [4.78, 5) is 0. The van der Waals surface area contributed by atoms with E-state index >= 15 is 0 Å². The third-order valence-corrected chi connectivity index (χ3v) is 5.56. The normalized spacial score (nSPS) is 19.4. The van der Waals surface area contributed by atoms with Gasteiger partial charge in [0.25, 0.3) is 0 Å². The lowest BCUT2D eigenvalue weighted by molar-refractivity contribution is 0.188. The minimum Gasteiger partial charge on any atom is -0.485 e. The van der Waals surface area contributed by atoms with Crippen LogP contribution in [0.15, 0.2) is 42.5 Å². The fourth-order valence-corrected chi connectivity index (χ4v) is 4.54. The van der Waals surface area contributed by atoms with Gasteiger partial charge in [0.2, 0.25) is 0 Å². The Morgan fingerprint density at radius 1 is 1.08 bits per heavy atom. The number of fused-ring (bicyclic) bond motifs is 5. The van der Waals surface area contributed by atoms with E-state index in [1.165, 1.54) is 33.5 Å². The van der Waals surface area contributed by atoms with Crippen molar-refractivity contribution >= 4 is 22.9 Å². The Morgan fingerprint density at radius 2 is 1.88 bits per heavy atom. The third-order valence-electron chi connectivity index (χ3n) is 5.29. The maximum Gasteiger partial charge on any atom is 0.128 e. The summed E-state index contributed by atoms with van der Waals surface area (Å²) in [6, 6.07) is 12.9. The van der Waals surface area contributed by atoms with Crippen molar-refractivity contribution in [2.75, 3.05) is 11.2 Å². The number of alkyl halides is 1. The molecule has 0 radical (unpaired) electrons. The van der Waals surface area contributed by atoms with Crippen molar-refractivity contribution in [1.29, 1.82) is 0 Å². The number of hydrogen-bond acceptors (Lipinski definition) is 2. The number of unbranched alkanes of at least 4 members (excludes halogenated alkanes) is 1. The number of ether oxygens (including phenoxy) is 1. The predicted molar refractivity (Wildman–Crippen MR) is 111 cm³/mol. The summed E-state index contributed by atoms with van der Waals surface area (Å²) in [5.74, 6) is 1.69. The van der Waals surface area contributed by atoms with Crippen molar-refractivity contribution in [3.8, 4) is 16.9 Å². The molecule has 1 atom stereocenters. The summed E-state index contributed by atoms with van der Waals surface area (Å²) in [7, 11) is 0. The molecule has 1 N–H and O–H groups in total. The van der Waals surface area contributed by atoms with Crippen LogP contribution in [0, 0.1) is 0 Å². The van der Waals surface area contributed by atoms with E-state index in [9.17, 15) is 0 Å². The molecule has 0 bridgehead atoms. The fourth-order valence-electron chi connectivity index (χ4n) is 4.35. The van der Waals surface area contributed by atoms with Crippen molar-refractivity contribution in [3.63, 3.8) is 0 Å². The SMILES string of the molecule is CC1=CC(C)(C)Nc2ccc3c(c21)[C@@H](CCCCCl)Oc1ccccc1-3. The van der Waals surface area contributed by atoms with Crippen molar-refractivity contribution in [2.24, 2.45) is 0 Å². The maximum atomic E-state index is 6.47. The molecule has 2 aliphatic rings. The van der Waals surface area contributed by atoms with Gasteiger partial charge in [-0.05, 0) is 63.3 Å². The first-order valence-electron chi connectivity index (χ1n) is 9.47. The molecule has 4 rings (SSSR count). The van der Waals surface area contributed by atoms with Crippen LogP contribution in [0.25, 0.3) is 16.7 Å². The van der Waals surface area contributed by atoms with Gasteiger partial charge < -0.3 is 10.1 Å². The molecule has 0 aliphatic carbocycles. The molecular weight excluding hydrogens is 342 g/mol. The second-order valence-electron chi connectivity index (χ2n) is 7.91. The third kappa shape index (κ3) is 3.01. The second kappa shape index (κ2) is 6.66. The molecule has 0 saturated carbocycles. The minimum atomic E-state index is -0.0348. The predicted octanol–water partition coefficient (Wildman–Crippen LogP) is 6.80. The van der Waals surface area contributed by atoms with Gasteiger partial charge in [0.1, 0.15) is 11.9 Å². The van der Waals surface area contributed by atoms with Crippen LogP contribution in [0.3, 0.4) is 0 Å². The standard InChI is InChI=1S/C23H26ClNO/c1-15-14-23(2,3)25-18-12-11-17-16-8-4-5-9-19(16)26-20(10-6-7-13-24)22(17)21(15)18/h4-5,8-9,11-12,14,20,25H,6-7,10,13H2,1-3H3/t20-/m1/s1. The molecule has 2 aromatic carbocycles. The molecule has 26 heavy (non-hydrogen) atoms. The first kappa shape index (κ1) is 17.5. The zero-order valence-electron chi connectivity index (χ0n) is 15.7. The lowest BCUT2D eigenvalue weighted by Crippen LogP contribution is -2.32. The molecule has 0 fully saturated rings. The summed E-state index contributed by atoms with van der Waals surface area (Å²) in [5.41, 5.74) is 7.63. The van der Waals surface area contributed by atoms with E-state index in [1.807, 2.05) is 6.07 Å². The minimum absolute atomic E-state index is 0.0348. The van der Waals surface area contributed by atoms with Gasteiger partial charge in [0, 0.05) is 28.3 Å². The highest BCUT2D eigenvalue weighted by Gasteiger charge is 2.33. The van der Waals surface area contributed by atoms with Crippen LogP contribution in [0.1, 0.15) is 57.3 Å². The number of rotatable bonds is 4. The van der Waals surface area contributed by atoms with Crippen LogP contribution >= 0.6 is 11.6 Å². The van der Waals surface area contributed by atoms with E-state index < -0.39 is 0 Å². The van der Waals surface area contributed by atoms with Gasteiger partial charge in [-0.2, -0.15) is 0 Å². The maximum absolute atomic E-state index is 6.47. The molecule has 0 unspecified atom stereocenters. The van der Waals surface area contributed by atoms with Crippen LogP contribution < -0.4 is 10.1 Å². The van der Waals surface area contributed by atoms with Gasteiger partial charge in [-0.25, -0.2) is 0 Å². The second-order valence-corrected chi connectivity index (χ2v) is 8.29. The molecule has 0 amide bonds. The van der Waals surface area contributed by atoms with Gasteiger partial charge in [-0.15, -0.1) is 11.6 Å². The van der Waals surface area contributed by atoms with Crippen molar-refractivity contribution in [2.45, 2.75) is 51.7 Å². The smallest absolute Gasteiger partial charge is 0.128 e. The molecule has 0 aromatic heterocycles. The van der Waals surface area contributed by atoms with E-state index in [0.29, 0.717) is 5.88 Å². The van der Waals surface area contributed by atoms with Crippen molar-refractivity contribution < 1.29 is 4.74 Å². The number of benzene rings is 2. The summed E-state index contributed by atoms with van der Waals surface area (Å²) in [5, 5.41) is 3.68. The molecule has 2 aromatic rings. The first-order chi connectivity index (χ1) is 12.5. The molecule has 0 saturated heterocycles. The summed E-state index contributed by atoms with van der Waals surface area (Å²) in [6.07, 6.45) is 5.48. The lowest BCUT2D eigenvalue weighted by atomic mass is 9.81. The molecule has 2 aliphatic heterocycles. The Morgan fingerprint density at radius 3 is 2.69 bits per heavy atom. The van der Waals surface area contributed by atoms with Gasteiger partial charge in [0.05, 0.1) is 5.54 Å². The Balaban J connectivity index is 1.88. The molecule has 2 nitrogen and oxygen atoms in total. The topological polar surface area (TPSA) is 21.3 Å². The Kier molecular flexibility index (Phi) is 4.48. The summed E-state index contributed by atoms with van der Waals surface area (Å²) >= 11 is 5.91. The van der Waals surface area contributed by atoms with E-state index in [-0.39, 0.29) is 11.6 Å². The summed E-state index contributed by atoms with van der Waals surface area (Å²) < 4.78 is 6.47. The van der Waals surface area contributed by atoms with Gasteiger partial charge >= 0.3 is 0 Å². The van der Waals surface area contributed by atoms with Crippen LogP contribution in [0.5, 0.6) is 5.75 Å². The Bertz CT molecular complexity index is 869. The first-order valence-corrected chi connectivity index (χ1v) is 10.0. The molecular formula is C23H26ClNO. The highest BCUT2D eigenvalue weighted by atomic mass is 35.5. The van der Waals surface area contributed by atoms with Gasteiger partial charge in [0.15, 0.2) is 0 Å². The van der Waals surface area contributed by atoms with Crippen LogP contribution in [0.4, 0.5) is 5.69 Å². The van der Waals surface area contributed by atoms with Crippen LogP contribution in [0.2, 0.25) is 0 Å². The number of allylic oxidation sites excluding steroid dienone is 1. The van der Waals surface area contributed by atoms with Gasteiger partial charge in [-0.3, -0.25) is 0 Å². The van der Waals surface area contributed by atoms with E-state index in [2.05, 4.69) is 62.5 Å². The highest BCUT2D eigenvalue weighted by molar-refractivity contribution is 6.17. The van der Waals surface area contributed by atoms with Crippen molar-refractivity contribution in [3.05, 3.63) is 53.6 Å². The monoisotopic (exact) mass is 367 g/mol. The lowest BCUT2D eigenvalue weighted by Gasteiger charge is -2.37. The Hall–Kier alpha value is -1.93. The fraction of sp³-hybridized carbons (Fsp3) is 0.391. The molecule has 3 heteroatoms. The van der Waals surface area contributed by atoms with Crippen LogP contribution in [-0.2, 0) is 0 Å². The molecule has 0 spiro atoms. The zero-order valence-corrected chi connectivity index (χ0v) is 16.5. The zero-order chi connectivity index (χ0) is 18.3. The number of anilines is 1. The number of para-hydroxylation sites is 1. The molecule has 2 heterocycles. The Labute approximate surface area is 161 Å². The average molecular weight is 368 g/mol. The van der Waals surface area contributed by atoms with Crippen LogP contribution in [-0.4, -0.2) is 11.4 Å². The van der Waals surface area contributed by atoms with E-state index in [0.717, 1.165) is 25.0 Å². The largest absolute Gasteiger partial charge is 0.485 e. The molecule has 136 valence electrons. The number of nitrogens with one attached hydrogen (secondary N) is 1. The average Bonchev–Trinajstić information content (AvgIpc) is 2.60. The van der Waals surface area contributed by atoms with Crippen molar-refractivity contribution in [1.82, 2.24) is 0 Å². The summed E-state index contributed by atoms with van der Waals surface area (Å²) in [6.45, 7) is 6.64. The number of hydrogen-bond donors (Lipinski definition) is 1.